The van der Waals surface area contributed by atoms with E-state index in [4.69, 9.17) is 0 Å². The number of carbonyl (C=O) groups is 2. The zero-order valence-corrected chi connectivity index (χ0v) is 16.0. The molecule has 7 nitrogen and oxygen atoms in total. The van der Waals surface area contributed by atoms with Gasteiger partial charge in [0.05, 0.1) is 5.69 Å². The summed E-state index contributed by atoms with van der Waals surface area (Å²) in [5.74, 6) is 0.118. The number of carbonyl (C=O) groups excluding carboxylic acids is 2. The van der Waals surface area contributed by atoms with Crippen LogP contribution in [0.2, 0.25) is 0 Å². The third-order valence-electron chi connectivity index (χ3n) is 4.95. The molecule has 0 radical (unpaired) electrons. The highest BCUT2D eigenvalue weighted by atomic mass is 19.1. The first-order valence-corrected chi connectivity index (χ1v) is 8.97. The van der Waals surface area contributed by atoms with Gasteiger partial charge in [0.25, 0.3) is 0 Å². The van der Waals surface area contributed by atoms with Crippen LogP contribution < -0.4 is 5.32 Å². The molecule has 3 rings (SSSR count). The van der Waals surface area contributed by atoms with E-state index in [0.717, 1.165) is 16.8 Å². The summed E-state index contributed by atoms with van der Waals surface area (Å²) in [7, 11) is 3.48. The molecule has 1 aromatic heterocycles. The summed E-state index contributed by atoms with van der Waals surface area (Å²) in [4.78, 5) is 28.2. The van der Waals surface area contributed by atoms with Gasteiger partial charge in [-0.1, -0.05) is 19.1 Å². The smallest absolute Gasteiger partial charge is 0.323 e. The van der Waals surface area contributed by atoms with Crippen molar-refractivity contribution < 1.29 is 14.0 Å². The van der Waals surface area contributed by atoms with Crippen molar-refractivity contribution in [3.63, 3.8) is 0 Å². The minimum Gasteiger partial charge on any atom is -0.342 e. The highest BCUT2D eigenvalue weighted by Crippen LogP contribution is 2.32. The molecule has 3 amide bonds. The molecule has 0 bridgehead atoms. The summed E-state index contributed by atoms with van der Waals surface area (Å²) < 4.78 is 14.9. The van der Waals surface area contributed by atoms with Crippen LogP contribution in [0.1, 0.15) is 19.5 Å². The van der Waals surface area contributed by atoms with Gasteiger partial charge in [0.1, 0.15) is 17.7 Å². The SMILES string of the molecule is CCc1nn(C)c(NC(=O)N2CCN(C)C(=O)C2C)c1-c1ccc(F)cc1. The van der Waals surface area contributed by atoms with E-state index in [1.54, 1.807) is 42.7 Å². The van der Waals surface area contributed by atoms with Crippen LogP contribution in [-0.2, 0) is 18.3 Å². The van der Waals surface area contributed by atoms with Crippen molar-refractivity contribution in [2.45, 2.75) is 26.3 Å². The van der Waals surface area contributed by atoms with E-state index in [-0.39, 0.29) is 17.8 Å². The second-order valence-electron chi connectivity index (χ2n) is 6.71. The van der Waals surface area contributed by atoms with Crippen LogP contribution >= 0.6 is 0 Å². The molecule has 0 spiro atoms. The Balaban J connectivity index is 1.93. The zero-order chi connectivity index (χ0) is 19.7. The molecule has 8 heteroatoms. The molecule has 144 valence electrons. The van der Waals surface area contributed by atoms with E-state index >= 15 is 0 Å². The predicted octanol–water partition coefficient (Wildman–Crippen LogP) is 2.48. The number of aryl methyl sites for hydroxylation is 2. The lowest BCUT2D eigenvalue weighted by atomic mass is 10.0. The minimum atomic E-state index is -0.531. The number of amides is 3. The lowest BCUT2D eigenvalue weighted by molar-refractivity contribution is -0.137. The van der Waals surface area contributed by atoms with Gasteiger partial charge in [-0.3, -0.25) is 14.8 Å². The molecule has 2 aromatic rings. The van der Waals surface area contributed by atoms with Gasteiger partial charge < -0.3 is 9.80 Å². The number of aromatic nitrogens is 2. The molecule has 1 aliphatic rings. The number of anilines is 1. The summed E-state index contributed by atoms with van der Waals surface area (Å²) in [6, 6.07) is 5.23. The first-order chi connectivity index (χ1) is 12.8. The molecule has 2 heterocycles. The predicted molar refractivity (Wildman–Crippen MR) is 101 cm³/mol. The number of nitrogens with zero attached hydrogens (tertiary/aromatic N) is 4. The Morgan fingerprint density at radius 1 is 1.26 bits per heavy atom. The minimum absolute atomic E-state index is 0.0885. The van der Waals surface area contributed by atoms with Crippen molar-refractivity contribution >= 4 is 17.8 Å². The van der Waals surface area contributed by atoms with Crippen LogP contribution in [0.5, 0.6) is 0 Å². The first kappa shape index (κ1) is 18.9. The van der Waals surface area contributed by atoms with Crippen LogP contribution in [0.3, 0.4) is 0 Å². The maximum absolute atomic E-state index is 13.3. The van der Waals surface area contributed by atoms with Gasteiger partial charge in [-0.2, -0.15) is 5.10 Å². The Morgan fingerprint density at radius 2 is 1.93 bits per heavy atom. The molecule has 1 aromatic carbocycles. The zero-order valence-electron chi connectivity index (χ0n) is 16.0. The summed E-state index contributed by atoms with van der Waals surface area (Å²) in [5, 5.41) is 7.39. The largest absolute Gasteiger partial charge is 0.342 e. The van der Waals surface area contributed by atoms with Crippen LogP contribution in [0.4, 0.5) is 15.0 Å². The lowest BCUT2D eigenvalue weighted by Gasteiger charge is -2.37. The van der Waals surface area contributed by atoms with Crippen LogP contribution in [0, 0.1) is 5.82 Å². The number of halogens is 1. The molecule has 0 saturated carbocycles. The van der Waals surface area contributed by atoms with Crippen molar-refractivity contribution in [1.29, 1.82) is 0 Å². The lowest BCUT2D eigenvalue weighted by Crippen LogP contribution is -2.57. The number of hydrogen-bond acceptors (Lipinski definition) is 3. The summed E-state index contributed by atoms with van der Waals surface area (Å²) in [5.41, 5.74) is 2.35. The van der Waals surface area contributed by atoms with E-state index in [9.17, 15) is 14.0 Å². The molecule has 1 aliphatic heterocycles. The van der Waals surface area contributed by atoms with E-state index in [2.05, 4.69) is 10.4 Å². The number of hydrogen-bond donors (Lipinski definition) is 1. The molecule has 1 N–H and O–H groups in total. The molecule has 1 fully saturated rings. The van der Waals surface area contributed by atoms with Gasteiger partial charge in [-0.15, -0.1) is 0 Å². The van der Waals surface area contributed by atoms with Crippen molar-refractivity contribution in [3.8, 4) is 11.1 Å². The Morgan fingerprint density at radius 3 is 2.56 bits per heavy atom. The van der Waals surface area contributed by atoms with Gasteiger partial charge in [0.15, 0.2) is 0 Å². The number of benzene rings is 1. The number of rotatable bonds is 3. The van der Waals surface area contributed by atoms with Crippen molar-refractivity contribution in [2.24, 2.45) is 7.05 Å². The Kier molecular flexibility index (Phi) is 5.16. The fourth-order valence-corrected chi connectivity index (χ4v) is 3.35. The Labute approximate surface area is 157 Å². The molecule has 1 saturated heterocycles. The van der Waals surface area contributed by atoms with Crippen LogP contribution in [0.25, 0.3) is 11.1 Å². The van der Waals surface area contributed by atoms with E-state index in [0.29, 0.717) is 25.3 Å². The van der Waals surface area contributed by atoms with Gasteiger partial charge in [-0.05, 0) is 31.0 Å². The number of nitrogens with one attached hydrogen (secondary N) is 1. The Hall–Kier alpha value is -2.90. The highest BCUT2D eigenvalue weighted by Gasteiger charge is 2.33. The monoisotopic (exact) mass is 373 g/mol. The third kappa shape index (κ3) is 3.51. The molecular weight excluding hydrogens is 349 g/mol. The number of likely N-dealkylation sites (N-methyl/N-ethyl adjacent to an activating group) is 1. The molecule has 1 atom stereocenters. The average molecular weight is 373 g/mol. The average Bonchev–Trinajstić information content (AvgIpc) is 2.96. The topological polar surface area (TPSA) is 70.5 Å². The second kappa shape index (κ2) is 7.38. The summed E-state index contributed by atoms with van der Waals surface area (Å²) in [6.07, 6.45) is 0.666. The second-order valence-corrected chi connectivity index (χ2v) is 6.71. The van der Waals surface area contributed by atoms with Crippen molar-refractivity contribution in [3.05, 3.63) is 35.8 Å². The first-order valence-electron chi connectivity index (χ1n) is 8.97. The summed E-state index contributed by atoms with van der Waals surface area (Å²) in [6.45, 7) is 4.65. The fourth-order valence-electron chi connectivity index (χ4n) is 3.35. The number of piperazine rings is 1. The van der Waals surface area contributed by atoms with E-state index in [1.807, 2.05) is 6.92 Å². The molecule has 1 unspecified atom stereocenters. The maximum Gasteiger partial charge on any atom is 0.323 e. The summed E-state index contributed by atoms with van der Waals surface area (Å²) >= 11 is 0. The van der Waals surface area contributed by atoms with E-state index < -0.39 is 6.04 Å². The standard InChI is InChI=1S/C19H24FN5O2/c1-5-15-16(13-6-8-14(20)9-7-13)17(24(4)22-15)21-19(27)25-11-10-23(3)18(26)12(25)2/h6-9,12H,5,10-11H2,1-4H3,(H,21,27). The maximum atomic E-state index is 13.3. The van der Waals surface area contributed by atoms with Crippen molar-refractivity contribution in [1.82, 2.24) is 19.6 Å². The molecular formula is C19H24FN5O2. The normalized spacial score (nSPS) is 17.4. The van der Waals surface area contributed by atoms with Crippen molar-refractivity contribution in [2.75, 3.05) is 25.5 Å². The van der Waals surface area contributed by atoms with Gasteiger partial charge in [0, 0.05) is 32.7 Å². The van der Waals surface area contributed by atoms with Crippen LogP contribution in [0.15, 0.2) is 24.3 Å². The molecule has 0 aliphatic carbocycles. The van der Waals surface area contributed by atoms with Crippen LogP contribution in [-0.4, -0.2) is 57.7 Å². The molecule has 27 heavy (non-hydrogen) atoms. The van der Waals surface area contributed by atoms with E-state index in [1.165, 1.54) is 17.0 Å². The third-order valence-corrected chi connectivity index (χ3v) is 4.95. The quantitative estimate of drug-likeness (QED) is 0.899. The van der Waals surface area contributed by atoms with Gasteiger partial charge in [0.2, 0.25) is 5.91 Å². The van der Waals surface area contributed by atoms with Gasteiger partial charge >= 0.3 is 6.03 Å². The van der Waals surface area contributed by atoms with Gasteiger partial charge in [-0.25, -0.2) is 9.18 Å². The highest BCUT2D eigenvalue weighted by molar-refractivity contribution is 5.97. The number of urea groups is 1. The Bertz CT molecular complexity index is 862. The fraction of sp³-hybridized carbons (Fsp3) is 0.421.